The number of aromatic nitrogens is 3. The Bertz CT molecular complexity index is 434. The molecule has 0 unspecified atom stereocenters. The third-order valence-electron chi connectivity index (χ3n) is 1.99. The molecule has 0 N–H and O–H groups in total. The second kappa shape index (κ2) is 8.00. The number of ether oxygens (including phenoxy) is 1. The zero-order chi connectivity index (χ0) is 14.3. The van der Waals surface area contributed by atoms with Gasteiger partial charge in [-0.2, -0.15) is 15.0 Å². The molecule has 0 saturated carbocycles. The van der Waals surface area contributed by atoms with Crippen molar-refractivity contribution in [3.05, 3.63) is 12.7 Å². The summed E-state index contributed by atoms with van der Waals surface area (Å²) in [6.07, 6.45) is 4.84. The maximum absolute atomic E-state index is 11.9. The molecule has 1 amide bonds. The summed E-state index contributed by atoms with van der Waals surface area (Å²) in [6.45, 7) is 5.95. The first-order chi connectivity index (χ1) is 9.15. The molecule has 8 heteroatoms. The third-order valence-corrected chi connectivity index (χ3v) is 3.08. The Labute approximate surface area is 121 Å². The second-order valence-corrected chi connectivity index (χ2v) is 4.75. The minimum absolute atomic E-state index is 0.280. The minimum Gasteiger partial charge on any atom is -0.449 e. The van der Waals surface area contributed by atoms with E-state index in [0.717, 1.165) is 0 Å². The second-order valence-electron chi connectivity index (χ2n) is 3.21. The largest absolute Gasteiger partial charge is 0.449 e. The van der Waals surface area contributed by atoms with E-state index in [0.29, 0.717) is 16.9 Å². The Hall–Kier alpha value is -1.28. The lowest BCUT2D eigenvalue weighted by atomic mass is 10.5. The van der Waals surface area contributed by atoms with Crippen molar-refractivity contribution in [2.75, 3.05) is 30.6 Å². The molecule has 0 saturated heterocycles. The van der Waals surface area contributed by atoms with Gasteiger partial charge in [-0.25, -0.2) is 9.69 Å². The number of hydrogen-bond donors (Lipinski definition) is 0. The lowest BCUT2D eigenvalue weighted by Gasteiger charge is -2.18. The predicted molar refractivity (Wildman–Crippen MR) is 78.0 cm³/mol. The van der Waals surface area contributed by atoms with Gasteiger partial charge >= 0.3 is 6.09 Å². The number of amides is 1. The van der Waals surface area contributed by atoms with E-state index in [2.05, 4.69) is 21.5 Å². The van der Waals surface area contributed by atoms with Crippen molar-refractivity contribution in [3.63, 3.8) is 0 Å². The smallest absolute Gasteiger partial charge is 0.416 e. The van der Waals surface area contributed by atoms with Crippen molar-refractivity contribution in [1.82, 2.24) is 15.0 Å². The molecule has 0 aromatic carbocycles. The van der Waals surface area contributed by atoms with Crippen molar-refractivity contribution in [1.29, 1.82) is 0 Å². The van der Waals surface area contributed by atoms with Crippen molar-refractivity contribution in [2.45, 2.75) is 17.2 Å². The summed E-state index contributed by atoms with van der Waals surface area (Å²) < 4.78 is 4.98. The molecule has 6 nitrogen and oxygen atoms in total. The number of carbonyl (C=O) groups excluding carboxylic acids is 1. The highest BCUT2D eigenvalue weighted by molar-refractivity contribution is 7.99. The van der Waals surface area contributed by atoms with Gasteiger partial charge in [0.15, 0.2) is 10.3 Å². The number of carbonyl (C=O) groups is 1. The fourth-order valence-corrected chi connectivity index (χ4v) is 1.96. The molecule has 0 radical (unpaired) electrons. The molecule has 0 spiro atoms. The summed E-state index contributed by atoms with van der Waals surface area (Å²) in [5.74, 6) is 0.280. The first-order valence-electron chi connectivity index (χ1n) is 5.55. The van der Waals surface area contributed by atoms with Gasteiger partial charge in [0, 0.05) is 0 Å². The monoisotopic (exact) mass is 300 g/mol. The minimum atomic E-state index is -0.493. The van der Waals surface area contributed by atoms with Crippen LogP contribution in [0, 0.1) is 0 Å². The Balaban J connectivity index is 3.13. The van der Waals surface area contributed by atoms with E-state index in [-0.39, 0.29) is 12.5 Å². The Morgan fingerprint density at radius 2 is 1.89 bits per heavy atom. The topological polar surface area (TPSA) is 68.2 Å². The first kappa shape index (κ1) is 15.8. The van der Waals surface area contributed by atoms with Crippen molar-refractivity contribution >= 4 is 35.6 Å². The van der Waals surface area contributed by atoms with Gasteiger partial charge in [-0.3, -0.25) is 0 Å². The molecular formula is C11H16N4O2S2. The molecule has 0 bridgehead atoms. The van der Waals surface area contributed by atoms with Crippen molar-refractivity contribution < 1.29 is 9.53 Å². The molecule has 1 heterocycles. The van der Waals surface area contributed by atoms with Crippen molar-refractivity contribution in [3.8, 4) is 0 Å². The predicted octanol–water partition coefficient (Wildman–Crippen LogP) is 2.46. The van der Waals surface area contributed by atoms with E-state index in [1.54, 1.807) is 13.0 Å². The number of nitrogens with zero attached hydrogens (tertiary/aromatic N) is 4. The third kappa shape index (κ3) is 4.39. The van der Waals surface area contributed by atoms with Gasteiger partial charge in [0.2, 0.25) is 5.95 Å². The maximum atomic E-state index is 11.9. The number of anilines is 1. The van der Waals surface area contributed by atoms with Crippen LogP contribution in [0.1, 0.15) is 6.92 Å². The summed E-state index contributed by atoms with van der Waals surface area (Å²) in [4.78, 5) is 25.9. The quantitative estimate of drug-likeness (QED) is 0.590. The van der Waals surface area contributed by atoms with Gasteiger partial charge in [-0.05, 0) is 19.4 Å². The van der Waals surface area contributed by atoms with Crippen LogP contribution in [0.5, 0.6) is 0 Å². The molecule has 1 aromatic heterocycles. The van der Waals surface area contributed by atoms with Gasteiger partial charge in [0.05, 0.1) is 13.2 Å². The summed E-state index contributed by atoms with van der Waals surface area (Å²) in [7, 11) is 0. The lowest BCUT2D eigenvalue weighted by molar-refractivity contribution is 0.160. The highest BCUT2D eigenvalue weighted by atomic mass is 32.2. The maximum Gasteiger partial charge on any atom is 0.416 e. The Morgan fingerprint density at radius 1 is 1.32 bits per heavy atom. The summed E-state index contributed by atoms with van der Waals surface area (Å²) in [5, 5.41) is 1.13. The Kier molecular flexibility index (Phi) is 6.65. The van der Waals surface area contributed by atoms with Crippen LogP contribution in [0.25, 0.3) is 0 Å². The summed E-state index contributed by atoms with van der Waals surface area (Å²) in [6, 6.07) is 0. The molecule has 1 aromatic rings. The van der Waals surface area contributed by atoms with Crippen molar-refractivity contribution in [2.24, 2.45) is 0 Å². The summed E-state index contributed by atoms with van der Waals surface area (Å²) >= 11 is 2.79. The number of hydrogen-bond acceptors (Lipinski definition) is 7. The van der Waals surface area contributed by atoms with E-state index < -0.39 is 6.09 Å². The molecule has 104 valence electrons. The normalized spacial score (nSPS) is 10.1. The fraction of sp³-hybridized carbons (Fsp3) is 0.455. The molecule has 0 fully saturated rings. The summed E-state index contributed by atoms with van der Waals surface area (Å²) in [5.41, 5.74) is 0. The molecular weight excluding hydrogens is 284 g/mol. The molecule has 0 aliphatic heterocycles. The van der Waals surface area contributed by atoms with Gasteiger partial charge in [-0.1, -0.05) is 29.6 Å². The average molecular weight is 300 g/mol. The van der Waals surface area contributed by atoms with Crippen LogP contribution < -0.4 is 4.90 Å². The number of rotatable bonds is 6. The number of thioether (sulfide) groups is 2. The highest BCUT2D eigenvalue weighted by Crippen LogP contribution is 2.19. The van der Waals surface area contributed by atoms with E-state index in [4.69, 9.17) is 4.74 Å². The zero-order valence-corrected chi connectivity index (χ0v) is 12.8. The van der Waals surface area contributed by atoms with Crippen LogP contribution in [-0.2, 0) is 4.74 Å². The average Bonchev–Trinajstić information content (AvgIpc) is 2.44. The molecule has 0 atom stereocenters. The molecule has 0 aliphatic rings. The fourth-order valence-electron chi connectivity index (χ4n) is 1.20. The standard InChI is InChI=1S/C11H16N4O2S2/c1-5-7-15(11(16)17-6-2)8-12-9(18-3)14-10(13-8)19-4/h5H,1,6-7H2,2-4H3. The lowest BCUT2D eigenvalue weighted by Crippen LogP contribution is -2.33. The first-order valence-corrected chi connectivity index (χ1v) is 8.00. The molecule has 1 rings (SSSR count). The molecule has 19 heavy (non-hydrogen) atoms. The van der Waals surface area contributed by atoms with E-state index in [1.165, 1.54) is 28.4 Å². The van der Waals surface area contributed by atoms with Gasteiger partial charge < -0.3 is 4.74 Å². The van der Waals surface area contributed by atoms with Crippen LogP contribution in [0.15, 0.2) is 23.0 Å². The molecule has 0 aliphatic carbocycles. The van der Waals surface area contributed by atoms with Crippen LogP contribution in [0.4, 0.5) is 10.7 Å². The van der Waals surface area contributed by atoms with Gasteiger partial charge in [0.25, 0.3) is 0 Å². The highest BCUT2D eigenvalue weighted by Gasteiger charge is 2.20. The van der Waals surface area contributed by atoms with E-state index in [9.17, 15) is 4.79 Å². The van der Waals surface area contributed by atoms with Crippen LogP contribution in [0.3, 0.4) is 0 Å². The zero-order valence-electron chi connectivity index (χ0n) is 11.1. The van der Waals surface area contributed by atoms with Crippen LogP contribution in [0.2, 0.25) is 0 Å². The van der Waals surface area contributed by atoms with Crippen LogP contribution >= 0.6 is 23.5 Å². The van der Waals surface area contributed by atoms with Gasteiger partial charge in [0.1, 0.15) is 0 Å². The Morgan fingerprint density at radius 3 is 2.32 bits per heavy atom. The van der Waals surface area contributed by atoms with E-state index >= 15 is 0 Å². The van der Waals surface area contributed by atoms with Crippen LogP contribution in [-0.4, -0.2) is 46.7 Å². The van der Waals surface area contributed by atoms with Gasteiger partial charge in [-0.15, -0.1) is 6.58 Å². The SMILES string of the molecule is C=CCN(C(=O)OCC)c1nc(SC)nc(SC)n1. The van der Waals surface area contributed by atoms with E-state index in [1.807, 2.05) is 12.5 Å².